The summed E-state index contributed by atoms with van der Waals surface area (Å²) in [7, 11) is 5.10. The molecule has 1 aliphatic heterocycles. The molecule has 1 aromatic carbocycles. The van der Waals surface area contributed by atoms with Gasteiger partial charge in [0.15, 0.2) is 0 Å². The molecule has 2 rings (SSSR count). The van der Waals surface area contributed by atoms with Crippen LogP contribution in [0.5, 0.6) is 11.5 Å². The highest BCUT2D eigenvalue weighted by atomic mass is 16.5. The average molecular weight is 264 g/mol. The summed E-state index contributed by atoms with van der Waals surface area (Å²) in [5.41, 5.74) is 1.81. The van der Waals surface area contributed by atoms with Crippen molar-refractivity contribution in [2.24, 2.45) is 0 Å². The van der Waals surface area contributed by atoms with Crippen LogP contribution in [0.3, 0.4) is 0 Å². The van der Waals surface area contributed by atoms with Gasteiger partial charge in [-0.1, -0.05) is 0 Å². The van der Waals surface area contributed by atoms with Crippen LogP contribution in [0, 0.1) is 6.92 Å². The molecule has 1 aliphatic rings. The van der Waals surface area contributed by atoms with E-state index in [1.54, 1.807) is 19.1 Å². The third-order valence-electron chi connectivity index (χ3n) is 3.50. The fourth-order valence-corrected chi connectivity index (χ4v) is 2.45. The molecule has 1 heterocycles. The minimum absolute atomic E-state index is 0.117. The van der Waals surface area contributed by atoms with Crippen LogP contribution < -0.4 is 19.7 Å². The van der Waals surface area contributed by atoms with E-state index in [-0.39, 0.29) is 11.9 Å². The second-order valence-electron chi connectivity index (χ2n) is 4.69. The molecule has 19 heavy (non-hydrogen) atoms. The molecule has 0 spiro atoms. The van der Waals surface area contributed by atoms with Crippen molar-refractivity contribution in [3.05, 3.63) is 17.7 Å². The highest BCUT2D eigenvalue weighted by Crippen LogP contribution is 2.37. The summed E-state index contributed by atoms with van der Waals surface area (Å²) in [6, 6.07) is 3.92. The van der Waals surface area contributed by atoms with E-state index in [1.165, 1.54) is 0 Å². The van der Waals surface area contributed by atoms with Gasteiger partial charge in [0.05, 0.1) is 19.9 Å². The predicted molar refractivity (Wildman–Crippen MR) is 74.1 cm³/mol. The lowest BCUT2D eigenvalue weighted by Crippen LogP contribution is -2.30. The zero-order valence-corrected chi connectivity index (χ0v) is 11.8. The van der Waals surface area contributed by atoms with Crippen molar-refractivity contribution in [1.29, 1.82) is 0 Å². The fourth-order valence-electron chi connectivity index (χ4n) is 2.45. The van der Waals surface area contributed by atoms with E-state index in [1.807, 2.05) is 26.1 Å². The van der Waals surface area contributed by atoms with Gasteiger partial charge in [0.25, 0.3) is 0 Å². The van der Waals surface area contributed by atoms with Crippen molar-refractivity contribution in [1.82, 2.24) is 5.32 Å². The molecule has 5 nitrogen and oxygen atoms in total. The second-order valence-corrected chi connectivity index (χ2v) is 4.69. The Kier molecular flexibility index (Phi) is 3.95. The Balaban J connectivity index is 2.41. The number of nitrogens with zero attached hydrogens (tertiary/aromatic N) is 1. The summed E-state index contributed by atoms with van der Waals surface area (Å²) in [4.78, 5) is 13.9. The largest absolute Gasteiger partial charge is 0.497 e. The van der Waals surface area contributed by atoms with Crippen LogP contribution in [0.25, 0.3) is 0 Å². The van der Waals surface area contributed by atoms with E-state index >= 15 is 0 Å². The molecule has 0 aromatic heterocycles. The maximum Gasteiger partial charge on any atom is 0.228 e. The predicted octanol–water partition coefficient (Wildman–Crippen LogP) is 1.34. The number of carbonyl (C=O) groups excluding carboxylic acids is 1. The summed E-state index contributed by atoms with van der Waals surface area (Å²) < 4.78 is 10.6. The van der Waals surface area contributed by atoms with Crippen LogP contribution in [-0.2, 0) is 4.79 Å². The van der Waals surface area contributed by atoms with Gasteiger partial charge in [-0.05, 0) is 25.6 Å². The van der Waals surface area contributed by atoms with Crippen LogP contribution in [0.1, 0.15) is 12.0 Å². The van der Waals surface area contributed by atoms with Gasteiger partial charge in [-0.3, -0.25) is 4.79 Å². The summed E-state index contributed by atoms with van der Waals surface area (Å²) in [6.45, 7) is 2.62. The summed E-state index contributed by atoms with van der Waals surface area (Å²) in [5.74, 6) is 1.52. The molecule has 104 valence electrons. The topological polar surface area (TPSA) is 50.8 Å². The van der Waals surface area contributed by atoms with Crippen molar-refractivity contribution >= 4 is 11.6 Å². The van der Waals surface area contributed by atoms with Gasteiger partial charge in [0.2, 0.25) is 5.91 Å². The highest BCUT2D eigenvalue weighted by Gasteiger charge is 2.32. The number of nitrogens with one attached hydrogen (secondary N) is 1. The number of hydrogen-bond donors (Lipinski definition) is 1. The molecule has 0 aliphatic carbocycles. The molecule has 1 N–H and O–H groups in total. The van der Waals surface area contributed by atoms with Crippen LogP contribution in [0.15, 0.2) is 12.1 Å². The first-order valence-corrected chi connectivity index (χ1v) is 6.31. The van der Waals surface area contributed by atoms with Gasteiger partial charge < -0.3 is 19.7 Å². The number of anilines is 1. The zero-order valence-electron chi connectivity index (χ0n) is 11.8. The van der Waals surface area contributed by atoms with Crippen molar-refractivity contribution in [3.8, 4) is 11.5 Å². The first-order valence-electron chi connectivity index (χ1n) is 6.31. The summed E-state index contributed by atoms with van der Waals surface area (Å²) in [5, 5.41) is 3.15. The van der Waals surface area contributed by atoms with Crippen molar-refractivity contribution in [2.75, 3.05) is 32.7 Å². The Bertz CT molecular complexity index is 488. The Morgan fingerprint density at radius 3 is 2.58 bits per heavy atom. The Morgan fingerprint density at radius 2 is 2.05 bits per heavy atom. The molecule has 5 heteroatoms. The molecule has 1 saturated heterocycles. The van der Waals surface area contributed by atoms with E-state index in [9.17, 15) is 4.79 Å². The normalized spacial score (nSPS) is 18.8. The maximum absolute atomic E-state index is 12.1. The molecule has 1 atom stereocenters. The van der Waals surface area contributed by atoms with E-state index < -0.39 is 0 Å². The molecular formula is C14H20N2O3. The Labute approximate surface area is 113 Å². The third-order valence-corrected chi connectivity index (χ3v) is 3.50. The van der Waals surface area contributed by atoms with Crippen LogP contribution in [0.2, 0.25) is 0 Å². The smallest absolute Gasteiger partial charge is 0.228 e. The third kappa shape index (κ3) is 2.51. The average Bonchev–Trinajstić information content (AvgIpc) is 2.78. The van der Waals surface area contributed by atoms with Gasteiger partial charge in [0.1, 0.15) is 11.5 Å². The maximum atomic E-state index is 12.1. The molecule has 0 saturated carbocycles. The van der Waals surface area contributed by atoms with Crippen LogP contribution in [-0.4, -0.2) is 39.8 Å². The van der Waals surface area contributed by atoms with Gasteiger partial charge in [-0.2, -0.15) is 0 Å². The van der Waals surface area contributed by atoms with Crippen LogP contribution >= 0.6 is 0 Å². The summed E-state index contributed by atoms with van der Waals surface area (Å²) in [6.07, 6.45) is 0.519. The fraction of sp³-hybridized carbons (Fsp3) is 0.500. The van der Waals surface area contributed by atoms with Crippen LogP contribution in [0.4, 0.5) is 5.69 Å². The van der Waals surface area contributed by atoms with Gasteiger partial charge in [-0.15, -0.1) is 0 Å². The molecule has 1 fully saturated rings. The number of carbonyl (C=O) groups is 1. The Morgan fingerprint density at radius 1 is 1.32 bits per heavy atom. The lowest BCUT2D eigenvalue weighted by molar-refractivity contribution is -0.117. The standard InChI is InChI=1S/C14H20N2O3/c1-9-5-11(18-3)7-12(19-4)14(9)16-8-10(15-2)6-13(16)17/h5,7,10,15H,6,8H2,1-4H3. The lowest BCUT2D eigenvalue weighted by Gasteiger charge is -2.22. The molecule has 1 unspecified atom stereocenters. The SMILES string of the molecule is CNC1CC(=O)N(c2c(C)cc(OC)cc2OC)C1. The zero-order chi connectivity index (χ0) is 14.0. The monoisotopic (exact) mass is 264 g/mol. The van der Waals surface area contributed by atoms with E-state index in [0.29, 0.717) is 18.7 Å². The quantitative estimate of drug-likeness (QED) is 0.891. The minimum Gasteiger partial charge on any atom is -0.497 e. The van der Waals surface area contributed by atoms with Crippen molar-refractivity contribution < 1.29 is 14.3 Å². The number of amides is 1. The molecule has 0 radical (unpaired) electrons. The molecule has 1 amide bonds. The first-order chi connectivity index (χ1) is 9.10. The van der Waals surface area contributed by atoms with Crippen molar-refractivity contribution in [2.45, 2.75) is 19.4 Å². The van der Waals surface area contributed by atoms with E-state index in [0.717, 1.165) is 17.0 Å². The van der Waals surface area contributed by atoms with Gasteiger partial charge >= 0.3 is 0 Å². The first kappa shape index (κ1) is 13.7. The van der Waals surface area contributed by atoms with E-state index in [4.69, 9.17) is 9.47 Å². The molecule has 0 bridgehead atoms. The van der Waals surface area contributed by atoms with E-state index in [2.05, 4.69) is 5.32 Å². The van der Waals surface area contributed by atoms with Gasteiger partial charge in [-0.25, -0.2) is 0 Å². The number of methoxy groups -OCH3 is 2. The number of benzene rings is 1. The number of ether oxygens (including phenoxy) is 2. The number of aryl methyl sites for hydroxylation is 1. The second kappa shape index (κ2) is 5.48. The summed E-state index contributed by atoms with van der Waals surface area (Å²) >= 11 is 0. The van der Waals surface area contributed by atoms with Crippen molar-refractivity contribution in [3.63, 3.8) is 0 Å². The Hall–Kier alpha value is -1.75. The molecular weight excluding hydrogens is 244 g/mol. The lowest BCUT2D eigenvalue weighted by atomic mass is 10.1. The number of hydrogen-bond acceptors (Lipinski definition) is 4. The van der Waals surface area contributed by atoms with Gasteiger partial charge in [0, 0.05) is 25.1 Å². The minimum atomic E-state index is 0.117. The highest BCUT2D eigenvalue weighted by molar-refractivity contribution is 5.98. The molecule has 1 aromatic rings. The number of likely N-dealkylation sites (N-methyl/N-ethyl adjacent to an activating group) is 1. The number of rotatable bonds is 4.